The molecule has 0 heterocycles. The molecule has 1 amide bonds. The van der Waals surface area contributed by atoms with Gasteiger partial charge in [0.05, 0.1) is 13.2 Å². The summed E-state index contributed by atoms with van der Waals surface area (Å²) < 4.78 is 6.07. The molecule has 0 radical (unpaired) electrons. The van der Waals surface area contributed by atoms with Crippen LogP contribution >= 0.6 is 0 Å². The van der Waals surface area contributed by atoms with Gasteiger partial charge >= 0.3 is 0 Å². The smallest absolute Gasteiger partial charge is 0.243 e. The molecule has 0 aliphatic carbocycles. The SMILES string of the molecule is CC(C)c1cc(NC(=O)[C@@H](N)CO)ccc1OCCc1ccc(-c2ccccc2)cc1. The molecule has 0 aliphatic rings. The van der Waals surface area contributed by atoms with Crippen molar-refractivity contribution in [1.82, 2.24) is 0 Å². The van der Waals surface area contributed by atoms with Crippen LogP contribution < -0.4 is 15.8 Å². The number of amides is 1. The average molecular weight is 419 g/mol. The number of nitrogens with two attached hydrogens (primary N) is 1. The fourth-order valence-corrected chi connectivity index (χ4v) is 3.30. The Balaban J connectivity index is 1.61. The highest BCUT2D eigenvalue weighted by Crippen LogP contribution is 2.30. The Bertz CT molecular complexity index is 985. The van der Waals surface area contributed by atoms with Gasteiger partial charge < -0.3 is 20.9 Å². The van der Waals surface area contributed by atoms with Crippen molar-refractivity contribution in [3.05, 3.63) is 83.9 Å². The second-order valence-corrected chi connectivity index (χ2v) is 7.85. The Morgan fingerprint density at radius 2 is 1.68 bits per heavy atom. The van der Waals surface area contributed by atoms with Gasteiger partial charge in [-0.2, -0.15) is 0 Å². The Kier molecular flexibility index (Phi) is 7.82. The van der Waals surface area contributed by atoms with E-state index in [1.165, 1.54) is 16.7 Å². The van der Waals surface area contributed by atoms with Gasteiger partial charge in [0.1, 0.15) is 11.8 Å². The van der Waals surface area contributed by atoms with Crippen molar-refractivity contribution in [2.24, 2.45) is 5.73 Å². The van der Waals surface area contributed by atoms with Crippen molar-refractivity contribution in [3.63, 3.8) is 0 Å². The molecular formula is C26H30N2O3. The number of benzene rings is 3. The number of hydrogen-bond donors (Lipinski definition) is 3. The molecule has 1 atom stereocenters. The van der Waals surface area contributed by atoms with Crippen molar-refractivity contribution < 1.29 is 14.6 Å². The molecule has 4 N–H and O–H groups in total. The van der Waals surface area contributed by atoms with Gasteiger partial charge in [-0.15, -0.1) is 0 Å². The van der Waals surface area contributed by atoms with Crippen LogP contribution in [0.2, 0.25) is 0 Å². The quantitative estimate of drug-likeness (QED) is 0.482. The molecule has 0 saturated carbocycles. The number of aliphatic hydroxyl groups is 1. The number of aliphatic hydroxyl groups excluding tert-OH is 1. The molecule has 3 rings (SSSR count). The second kappa shape index (κ2) is 10.8. The molecule has 3 aromatic carbocycles. The zero-order chi connectivity index (χ0) is 22.2. The van der Waals surface area contributed by atoms with Crippen LogP contribution in [-0.2, 0) is 11.2 Å². The third kappa shape index (κ3) is 6.17. The fraction of sp³-hybridized carbons (Fsp3) is 0.269. The van der Waals surface area contributed by atoms with E-state index in [0.717, 1.165) is 17.7 Å². The van der Waals surface area contributed by atoms with Crippen LogP contribution in [0.15, 0.2) is 72.8 Å². The van der Waals surface area contributed by atoms with Gasteiger partial charge in [0.15, 0.2) is 0 Å². The Morgan fingerprint density at radius 3 is 2.32 bits per heavy atom. The first-order valence-corrected chi connectivity index (χ1v) is 10.6. The maximum absolute atomic E-state index is 11.9. The van der Waals surface area contributed by atoms with Crippen LogP contribution in [0.5, 0.6) is 5.75 Å². The molecule has 31 heavy (non-hydrogen) atoms. The van der Waals surface area contributed by atoms with Crippen LogP contribution in [0, 0.1) is 0 Å². The van der Waals surface area contributed by atoms with Gasteiger partial charge in [-0.1, -0.05) is 68.4 Å². The minimum absolute atomic E-state index is 0.225. The highest BCUT2D eigenvalue weighted by molar-refractivity contribution is 5.94. The highest BCUT2D eigenvalue weighted by atomic mass is 16.5. The lowest BCUT2D eigenvalue weighted by Crippen LogP contribution is -2.38. The molecule has 0 saturated heterocycles. The van der Waals surface area contributed by atoms with Gasteiger partial charge in [-0.25, -0.2) is 0 Å². The van der Waals surface area contributed by atoms with E-state index >= 15 is 0 Å². The predicted molar refractivity (Wildman–Crippen MR) is 125 cm³/mol. The number of nitrogens with one attached hydrogen (secondary N) is 1. The summed E-state index contributed by atoms with van der Waals surface area (Å²) in [5.74, 6) is 0.619. The van der Waals surface area contributed by atoms with Crippen molar-refractivity contribution in [3.8, 4) is 16.9 Å². The van der Waals surface area contributed by atoms with Gasteiger partial charge in [0.2, 0.25) is 5.91 Å². The fourth-order valence-electron chi connectivity index (χ4n) is 3.30. The number of hydrogen-bond acceptors (Lipinski definition) is 4. The molecule has 5 heteroatoms. The standard InChI is InChI=1S/C26H30N2O3/c1-18(2)23-16-22(28-26(30)24(27)17-29)12-13-25(23)31-15-14-19-8-10-21(11-9-19)20-6-4-3-5-7-20/h3-13,16,18,24,29H,14-15,17,27H2,1-2H3,(H,28,30)/t24-/m0/s1. The first-order valence-electron chi connectivity index (χ1n) is 10.6. The van der Waals surface area contributed by atoms with E-state index < -0.39 is 18.6 Å². The zero-order valence-electron chi connectivity index (χ0n) is 18.0. The van der Waals surface area contributed by atoms with Crippen molar-refractivity contribution in [2.75, 3.05) is 18.5 Å². The van der Waals surface area contributed by atoms with E-state index in [1.807, 2.05) is 30.3 Å². The topological polar surface area (TPSA) is 84.6 Å². The lowest BCUT2D eigenvalue weighted by atomic mass is 10.0. The van der Waals surface area contributed by atoms with Crippen LogP contribution in [0.4, 0.5) is 5.69 Å². The average Bonchev–Trinajstić information content (AvgIpc) is 2.80. The molecule has 0 fully saturated rings. The summed E-state index contributed by atoms with van der Waals surface area (Å²) >= 11 is 0. The van der Waals surface area contributed by atoms with Gasteiger partial charge in [-0.3, -0.25) is 4.79 Å². The molecule has 0 bridgehead atoms. The maximum Gasteiger partial charge on any atom is 0.243 e. The van der Waals surface area contributed by atoms with Crippen LogP contribution in [0.3, 0.4) is 0 Å². The third-order valence-corrected chi connectivity index (χ3v) is 5.14. The van der Waals surface area contributed by atoms with Crippen LogP contribution in [-0.4, -0.2) is 30.3 Å². The van der Waals surface area contributed by atoms with Gasteiger partial charge in [0.25, 0.3) is 0 Å². The summed E-state index contributed by atoms with van der Waals surface area (Å²) in [6.07, 6.45) is 0.802. The van der Waals surface area contributed by atoms with Crippen LogP contribution in [0.1, 0.15) is 30.9 Å². The first kappa shape index (κ1) is 22.5. The maximum atomic E-state index is 11.9. The number of ether oxygens (including phenoxy) is 1. The summed E-state index contributed by atoms with van der Waals surface area (Å²) in [6, 6.07) is 23.5. The molecule has 0 spiro atoms. The summed E-state index contributed by atoms with van der Waals surface area (Å²) in [5.41, 5.74) is 10.8. The molecule has 0 aromatic heterocycles. The van der Waals surface area contributed by atoms with Crippen molar-refractivity contribution in [1.29, 1.82) is 0 Å². The minimum Gasteiger partial charge on any atom is -0.493 e. The largest absolute Gasteiger partial charge is 0.493 e. The number of rotatable bonds is 9. The second-order valence-electron chi connectivity index (χ2n) is 7.85. The van der Waals surface area contributed by atoms with E-state index in [0.29, 0.717) is 12.3 Å². The summed E-state index contributed by atoms with van der Waals surface area (Å²) in [6.45, 7) is 4.33. The van der Waals surface area contributed by atoms with E-state index in [1.54, 1.807) is 6.07 Å². The molecule has 0 aliphatic heterocycles. The molecule has 0 unspecified atom stereocenters. The lowest BCUT2D eigenvalue weighted by Gasteiger charge is -2.17. The predicted octanol–water partition coefficient (Wildman–Crippen LogP) is 4.36. The van der Waals surface area contributed by atoms with Gasteiger partial charge in [0, 0.05) is 12.1 Å². The zero-order valence-corrected chi connectivity index (χ0v) is 18.0. The number of carbonyl (C=O) groups is 1. The first-order chi connectivity index (χ1) is 15.0. The van der Waals surface area contributed by atoms with Crippen LogP contribution in [0.25, 0.3) is 11.1 Å². The van der Waals surface area contributed by atoms with Crippen molar-refractivity contribution in [2.45, 2.75) is 32.2 Å². The summed E-state index contributed by atoms with van der Waals surface area (Å²) in [4.78, 5) is 11.9. The third-order valence-electron chi connectivity index (χ3n) is 5.14. The minimum atomic E-state index is -0.938. The number of anilines is 1. The van der Waals surface area contributed by atoms with Crippen molar-refractivity contribution >= 4 is 11.6 Å². The summed E-state index contributed by atoms with van der Waals surface area (Å²) in [5, 5.41) is 11.8. The Hall–Kier alpha value is -3.15. The number of carbonyl (C=O) groups excluding carboxylic acids is 1. The van der Waals surface area contributed by atoms with E-state index in [9.17, 15) is 4.79 Å². The highest BCUT2D eigenvalue weighted by Gasteiger charge is 2.14. The molecule has 3 aromatic rings. The van der Waals surface area contributed by atoms with E-state index in [2.05, 4.69) is 55.6 Å². The Labute approximate surface area is 183 Å². The van der Waals surface area contributed by atoms with E-state index in [-0.39, 0.29) is 5.92 Å². The monoisotopic (exact) mass is 418 g/mol. The normalized spacial score (nSPS) is 11.9. The van der Waals surface area contributed by atoms with Gasteiger partial charge in [-0.05, 0) is 46.4 Å². The molecule has 162 valence electrons. The molecule has 5 nitrogen and oxygen atoms in total. The van der Waals surface area contributed by atoms with E-state index in [4.69, 9.17) is 15.6 Å². The Morgan fingerprint density at radius 1 is 1.00 bits per heavy atom. The summed E-state index contributed by atoms with van der Waals surface area (Å²) in [7, 11) is 0. The molecular weight excluding hydrogens is 388 g/mol. The lowest BCUT2D eigenvalue weighted by molar-refractivity contribution is -0.118.